The summed E-state index contributed by atoms with van der Waals surface area (Å²) in [7, 11) is 0. The highest BCUT2D eigenvalue weighted by Gasteiger charge is 2.27. The number of esters is 1. The fourth-order valence-corrected chi connectivity index (χ4v) is 3.03. The molecular weight excluding hydrogens is 475 g/mol. The average Bonchev–Trinajstić information content (AvgIpc) is 2.86. The lowest BCUT2D eigenvalue weighted by Gasteiger charge is -2.21. The zero-order valence-corrected chi connectivity index (χ0v) is 20.4. The molecule has 1 unspecified atom stereocenters. The molecule has 0 aromatic heterocycles. The number of hydrogen-bond donors (Lipinski definition) is 5. The number of aliphatic hydroxyl groups excluding tert-OH is 1. The highest BCUT2D eigenvalue weighted by atomic mass is 19.1. The number of hydrogen-bond acceptors (Lipinski definition) is 9. The summed E-state index contributed by atoms with van der Waals surface area (Å²) in [5, 5.41) is 22.4. The molecule has 0 bridgehead atoms. The molecule has 0 aliphatic rings. The Labute approximate surface area is 208 Å². The van der Waals surface area contributed by atoms with E-state index in [9.17, 15) is 9.59 Å². The SMILES string of the molecule is CCNC(=O)ONC(=N)c1ccc(NC(C(=O)OCC)c2cc(OCC)c(OCCO)cc2F)cc1. The Kier molecular flexibility index (Phi) is 11.2. The molecule has 5 N–H and O–H groups in total. The molecule has 2 aromatic carbocycles. The summed E-state index contributed by atoms with van der Waals surface area (Å²) in [5.74, 6) is -1.31. The van der Waals surface area contributed by atoms with Crippen molar-refractivity contribution in [1.82, 2.24) is 10.8 Å². The third-order valence-corrected chi connectivity index (χ3v) is 4.60. The van der Waals surface area contributed by atoms with Gasteiger partial charge in [0.25, 0.3) is 0 Å². The molecule has 0 spiro atoms. The van der Waals surface area contributed by atoms with Crippen LogP contribution in [0.3, 0.4) is 0 Å². The van der Waals surface area contributed by atoms with Crippen LogP contribution >= 0.6 is 0 Å². The van der Waals surface area contributed by atoms with E-state index >= 15 is 4.39 Å². The number of amidine groups is 1. The zero-order valence-electron chi connectivity index (χ0n) is 20.4. The van der Waals surface area contributed by atoms with Crippen LogP contribution in [0.4, 0.5) is 14.9 Å². The first-order chi connectivity index (χ1) is 17.3. The van der Waals surface area contributed by atoms with E-state index in [-0.39, 0.29) is 49.3 Å². The van der Waals surface area contributed by atoms with Crippen molar-refractivity contribution in [3.63, 3.8) is 0 Å². The van der Waals surface area contributed by atoms with Crippen LogP contribution in [0, 0.1) is 11.2 Å². The van der Waals surface area contributed by atoms with E-state index in [0.717, 1.165) is 6.07 Å². The smallest absolute Gasteiger partial charge is 0.431 e. The van der Waals surface area contributed by atoms with Crippen LogP contribution in [-0.4, -0.2) is 56.0 Å². The zero-order chi connectivity index (χ0) is 26.5. The van der Waals surface area contributed by atoms with Gasteiger partial charge in [-0.1, -0.05) is 0 Å². The number of nitrogens with one attached hydrogen (secondary N) is 4. The highest BCUT2D eigenvalue weighted by molar-refractivity contribution is 5.96. The monoisotopic (exact) mass is 506 g/mol. The molecule has 1 amide bonds. The summed E-state index contributed by atoms with van der Waals surface area (Å²) >= 11 is 0. The number of hydroxylamine groups is 1. The van der Waals surface area contributed by atoms with E-state index in [1.807, 2.05) is 0 Å². The van der Waals surface area contributed by atoms with E-state index in [0.29, 0.717) is 17.8 Å². The Bertz CT molecular complexity index is 1030. The lowest BCUT2D eigenvalue weighted by atomic mass is 10.0. The first kappa shape index (κ1) is 28.2. The Morgan fingerprint density at radius 2 is 1.75 bits per heavy atom. The number of amides is 1. The quantitative estimate of drug-likeness (QED) is 0.127. The predicted molar refractivity (Wildman–Crippen MR) is 130 cm³/mol. The molecular formula is C24H31FN4O7. The summed E-state index contributed by atoms with van der Waals surface area (Å²) in [5.41, 5.74) is 3.04. The molecule has 11 nitrogen and oxygen atoms in total. The molecule has 196 valence electrons. The Morgan fingerprint density at radius 1 is 1.06 bits per heavy atom. The van der Waals surface area contributed by atoms with Crippen molar-refractivity contribution in [3.8, 4) is 11.5 Å². The normalized spacial score (nSPS) is 11.1. The minimum Gasteiger partial charge on any atom is -0.490 e. The summed E-state index contributed by atoms with van der Waals surface area (Å²) in [4.78, 5) is 28.8. The number of halogens is 1. The standard InChI is InChI=1S/C24H31FN4O7/c1-4-27-24(32)36-29-22(26)15-7-9-16(10-8-15)28-21(23(31)34-6-3)17-13-19(33-5-2)20(14-18(17)25)35-12-11-30/h7-10,13-14,21,28,30H,4-6,11-12H2,1-3H3,(H2,26,29)(H,27,32). The third-order valence-electron chi connectivity index (χ3n) is 4.60. The van der Waals surface area contributed by atoms with Crippen LogP contribution in [0.5, 0.6) is 11.5 Å². The lowest BCUT2D eigenvalue weighted by molar-refractivity contribution is -0.144. The van der Waals surface area contributed by atoms with Crippen LogP contribution in [0.15, 0.2) is 36.4 Å². The molecule has 0 radical (unpaired) electrons. The maximum Gasteiger partial charge on any atom is 0.431 e. The second-order valence-electron chi connectivity index (χ2n) is 7.13. The van der Waals surface area contributed by atoms with Gasteiger partial charge in [0.1, 0.15) is 12.4 Å². The number of benzene rings is 2. The van der Waals surface area contributed by atoms with Gasteiger partial charge in [0.05, 0.1) is 19.8 Å². The van der Waals surface area contributed by atoms with Gasteiger partial charge in [-0.05, 0) is 51.1 Å². The highest BCUT2D eigenvalue weighted by Crippen LogP contribution is 2.34. The molecule has 0 aliphatic heterocycles. The summed E-state index contributed by atoms with van der Waals surface area (Å²) in [6.45, 7) is 5.53. The van der Waals surface area contributed by atoms with Crippen molar-refractivity contribution in [2.24, 2.45) is 0 Å². The second kappa shape index (κ2) is 14.4. The average molecular weight is 507 g/mol. The minimum absolute atomic E-state index is 0.0259. The van der Waals surface area contributed by atoms with Crippen LogP contribution in [0.2, 0.25) is 0 Å². The van der Waals surface area contributed by atoms with Crippen molar-refractivity contribution in [2.45, 2.75) is 26.8 Å². The molecule has 1 atom stereocenters. The van der Waals surface area contributed by atoms with Crippen LogP contribution in [0.1, 0.15) is 37.9 Å². The number of anilines is 1. The molecule has 2 rings (SSSR count). The summed E-state index contributed by atoms with van der Waals surface area (Å²) in [6, 6.07) is 7.47. The van der Waals surface area contributed by atoms with Crippen LogP contribution in [-0.2, 0) is 14.4 Å². The lowest BCUT2D eigenvalue weighted by Crippen LogP contribution is -2.33. The van der Waals surface area contributed by atoms with Gasteiger partial charge in [-0.25, -0.2) is 14.0 Å². The van der Waals surface area contributed by atoms with Crippen molar-refractivity contribution in [2.75, 3.05) is 38.3 Å². The van der Waals surface area contributed by atoms with E-state index in [1.165, 1.54) is 6.07 Å². The molecule has 0 saturated carbocycles. The Balaban J connectivity index is 2.28. The van der Waals surface area contributed by atoms with E-state index in [1.54, 1.807) is 45.0 Å². The fourth-order valence-electron chi connectivity index (χ4n) is 3.03. The first-order valence-corrected chi connectivity index (χ1v) is 11.4. The Hall–Kier alpha value is -4.06. The molecule has 12 heteroatoms. The van der Waals surface area contributed by atoms with Gasteiger partial charge in [0.15, 0.2) is 23.4 Å². The van der Waals surface area contributed by atoms with Gasteiger partial charge in [0, 0.05) is 29.4 Å². The van der Waals surface area contributed by atoms with Crippen molar-refractivity contribution >= 4 is 23.6 Å². The molecule has 0 saturated heterocycles. The number of ether oxygens (including phenoxy) is 3. The summed E-state index contributed by atoms with van der Waals surface area (Å²) < 4.78 is 31.1. The van der Waals surface area contributed by atoms with Gasteiger partial charge in [-0.15, -0.1) is 0 Å². The van der Waals surface area contributed by atoms with Crippen molar-refractivity contribution in [3.05, 3.63) is 53.3 Å². The maximum absolute atomic E-state index is 15.1. The second-order valence-corrected chi connectivity index (χ2v) is 7.13. The predicted octanol–water partition coefficient (Wildman–Crippen LogP) is 2.89. The molecule has 0 aliphatic carbocycles. The van der Waals surface area contributed by atoms with E-state index in [4.69, 9.17) is 29.6 Å². The Morgan fingerprint density at radius 3 is 2.36 bits per heavy atom. The molecule has 0 fully saturated rings. The molecule has 36 heavy (non-hydrogen) atoms. The topological polar surface area (TPSA) is 151 Å². The summed E-state index contributed by atoms with van der Waals surface area (Å²) in [6.07, 6.45) is -0.723. The maximum atomic E-state index is 15.1. The van der Waals surface area contributed by atoms with Gasteiger partial charge < -0.3 is 34.8 Å². The number of aliphatic hydroxyl groups is 1. The van der Waals surface area contributed by atoms with Gasteiger partial charge in [-0.3, -0.25) is 5.41 Å². The number of carbonyl (C=O) groups is 2. The third kappa shape index (κ3) is 8.01. The first-order valence-electron chi connectivity index (χ1n) is 11.4. The largest absolute Gasteiger partial charge is 0.490 e. The van der Waals surface area contributed by atoms with Gasteiger partial charge >= 0.3 is 12.1 Å². The van der Waals surface area contributed by atoms with E-state index in [2.05, 4.69) is 16.1 Å². The van der Waals surface area contributed by atoms with Crippen LogP contribution < -0.4 is 25.6 Å². The molecule has 2 aromatic rings. The van der Waals surface area contributed by atoms with Crippen molar-refractivity contribution < 1.29 is 38.1 Å². The minimum atomic E-state index is -1.22. The van der Waals surface area contributed by atoms with Gasteiger partial charge in [-0.2, -0.15) is 5.48 Å². The van der Waals surface area contributed by atoms with Crippen molar-refractivity contribution in [1.29, 1.82) is 5.41 Å². The number of carbonyl (C=O) groups excluding carboxylic acids is 2. The fraction of sp³-hybridized carbons (Fsp3) is 0.375. The number of rotatable bonds is 12. The van der Waals surface area contributed by atoms with Crippen LogP contribution in [0.25, 0.3) is 0 Å². The molecule has 0 heterocycles. The van der Waals surface area contributed by atoms with E-state index < -0.39 is 23.9 Å². The van der Waals surface area contributed by atoms with Gasteiger partial charge in [0.2, 0.25) is 0 Å².